The lowest BCUT2D eigenvalue weighted by atomic mass is 10.1. The van der Waals surface area contributed by atoms with E-state index in [-0.39, 0.29) is 0 Å². The fourth-order valence-corrected chi connectivity index (χ4v) is 3.30. The number of furan rings is 1. The lowest BCUT2D eigenvalue weighted by molar-refractivity contribution is 0.324. The number of aliphatic imine (C=N–C) groups is 1. The molecule has 0 saturated carbocycles. The molecule has 0 aliphatic rings. The van der Waals surface area contributed by atoms with Crippen LogP contribution in [0.25, 0.3) is 11.0 Å². The second-order valence-corrected chi connectivity index (χ2v) is 6.73. The summed E-state index contributed by atoms with van der Waals surface area (Å²) >= 11 is 0. The summed E-state index contributed by atoms with van der Waals surface area (Å²) in [6.45, 7) is 5.85. The number of nitrogens with zero attached hydrogens (tertiary/aromatic N) is 1. The van der Waals surface area contributed by atoms with E-state index in [2.05, 4.69) is 28.6 Å². The Balaban J connectivity index is 1.76. The minimum Gasteiger partial charge on any atom is -0.493 e. The van der Waals surface area contributed by atoms with E-state index in [9.17, 15) is 0 Å². The van der Waals surface area contributed by atoms with Gasteiger partial charge in [0, 0.05) is 17.5 Å². The molecule has 160 valence electrons. The molecule has 0 fully saturated rings. The van der Waals surface area contributed by atoms with Gasteiger partial charge in [0.15, 0.2) is 17.5 Å². The molecule has 7 nitrogen and oxygen atoms in total. The van der Waals surface area contributed by atoms with E-state index in [0.717, 1.165) is 34.4 Å². The molecule has 2 aromatic carbocycles. The fourth-order valence-electron chi connectivity index (χ4n) is 3.30. The number of hydrogen-bond acceptors (Lipinski definition) is 5. The molecule has 0 radical (unpaired) electrons. The average molecular weight is 412 g/mol. The van der Waals surface area contributed by atoms with Crippen LogP contribution in [0.2, 0.25) is 0 Å². The molecule has 0 unspecified atom stereocenters. The van der Waals surface area contributed by atoms with Crippen molar-refractivity contribution >= 4 is 16.9 Å². The zero-order chi connectivity index (χ0) is 21.5. The lowest BCUT2D eigenvalue weighted by Crippen LogP contribution is -2.36. The second-order valence-electron chi connectivity index (χ2n) is 6.73. The van der Waals surface area contributed by atoms with Crippen molar-refractivity contribution in [2.45, 2.75) is 26.9 Å². The second kappa shape index (κ2) is 9.91. The van der Waals surface area contributed by atoms with Gasteiger partial charge < -0.3 is 29.3 Å². The van der Waals surface area contributed by atoms with Crippen molar-refractivity contribution in [2.24, 2.45) is 4.99 Å². The van der Waals surface area contributed by atoms with Gasteiger partial charge in [0.05, 0.1) is 34.4 Å². The molecular formula is C23H29N3O4. The molecule has 0 atom stereocenters. The Morgan fingerprint density at radius 1 is 1.00 bits per heavy atom. The first-order valence-electron chi connectivity index (χ1n) is 9.89. The van der Waals surface area contributed by atoms with Crippen molar-refractivity contribution in [3.63, 3.8) is 0 Å². The summed E-state index contributed by atoms with van der Waals surface area (Å²) in [7, 11) is 4.79. The number of fused-ring (bicyclic) bond motifs is 1. The Hall–Kier alpha value is -3.35. The third-order valence-corrected chi connectivity index (χ3v) is 4.85. The Kier molecular flexibility index (Phi) is 7.06. The maximum atomic E-state index is 5.98. The quantitative estimate of drug-likeness (QED) is 0.431. The Bertz CT molecular complexity index is 1000. The molecule has 0 aliphatic heterocycles. The smallest absolute Gasteiger partial charge is 0.203 e. The van der Waals surface area contributed by atoms with Crippen molar-refractivity contribution in [3.05, 3.63) is 53.3 Å². The number of para-hydroxylation sites is 1. The van der Waals surface area contributed by atoms with Gasteiger partial charge in [-0.1, -0.05) is 18.2 Å². The molecule has 1 aromatic heterocycles. The highest BCUT2D eigenvalue weighted by Crippen LogP contribution is 2.38. The molecule has 3 rings (SSSR count). The van der Waals surface area contributed by atoms with Gasteiger partial charge in [0.25, 0.3) is 0 Å². The third-order valence-electron chi connectivity index (χ3n) is 4.85. The van der Waals surface area contributed by atoms with Gasteiger partial charge >= 0.3 is 0 Å². The first-order chi connectivity index (χ1) is 14.6. The van der Waals surface area contributed by atoms with Gasteiger partial charge in [0.1, 0.15) is 11.3 Å². The van der Waals surface area contributed by atoms with Crippen LogP contribution in [0.4, 0.5) is 0 Å². The maximum Gasteiger partial charge on any atom is 0.203 e. The summed E-state index contributed by atoms with van der Waals surface area (Å²) < 4.78 is 22.2. The summed E-state index contributed by atoms with van der Waals surface area (Å²) in [5.74, 6) is 3.38. The van der Waals surface area contributed by atoms with Crippen molar-refractivity contribution in [1.82, 2.24) is 10.6 Å². The van der Waals surface area contributed by atoms with Crippen LogP contribution < -0.4 is 24.8 Å². The minimum absolute atomic E-state index is 0.450. The molecule has 0 saturated heterocycles. The summed E-state index contributed by atoms with van der Waals surface area (Å²) in [6.07, 6.45) is 0. The SMILES string of the molecule is CCNC(=NCc1cc(OC)c(OC)c(OC)c1)NCc1oc2ccccc2c1C. The number of hydrogen-bond donors (Lipinski definition) is 2. The molecule has 0 spiro atoms. The Morgan fingerprint density at radius 3 is 2.30 bits per heavy atom. The Labute approximate surface area is 177 Å². The number of aryl methyl sites for hydroxylation is 1. The van der Waals surface area contributed by atoms with Crippen molar-refractivity contribution in [2.75, 3.05) is 27.9 Å². The number of benzene rings is 2. The highest BCUT2D eigenvalue weighted by atomic mass is 16.5. The van der Waals surface area contributed by atoms with Crippen LogP contribution in [-0.4, -0.2) is 33.8 Å². The van der Waals surface area contributed by atoms with Gasteiger partial charge in [0.2, 0.25) is 5.75 Å². The molecule has 1 heterocycles. The summed E-state index contributed by atoms with van der Waals surface area (Å²) in [5, 5.41) is 7.75. The first-order valence-corrected chi connectivity index (χ1v) is 9.89. The maximum absolute atomic E-state index is 5.98. The summed E-state index contributed by atoms with van der Waals surface area (Å²) in [5.41, 5.74) is 2.98. The van der Waals surface area contributed by atoms with Crippen LogP contribution >= 0.6 is 0 Å². The van der Waals surface area contributed by atoms with Gasteiger partial charge in [-0.25, -0.2) is 4.99 Å². The van der Waals surface area contributed by atoms with E-state index in [1.54, 1.807) is 21.3 Å². The van der Waals surface area contributed by atoms with Gasteiger partial charge in [-0.3, -0.25) is 0 Å². The molecule has 0 bridgehead atoms. The minimum atomic E-state index is 0.450. The summed E-state index contributed by atoms with van der Waals surface area (Å²) in [6, 6.07) is 11.9. The topological polar surface area (TPSA) is 77.3 Å². The zero-order valence-corrected chi connectivity index (χ0v) is 18.2. The van der Waals surface area contributed by atoms with Crippen LogP contribution in [0, 0.1) is 6.92 Å². The highest BCUT2D eigenvalue weighted by molar-refractivity contribution is 5.83. The normalized spacial score (nSPS) is 11.4. The number of methoxy groups -OCH3 is 3. The molecular weight excluding hydrogens is 382 g/mol. The van der Waals surface area contributed by atoms with Gasteiger partial charge in [-0.05, 0) is 37.6 Å². The van der Waals surface area contributed by atoms with Gasteiger partial charge in [-0.15, -0.1) is 0 Å². The zero-order valence-electron chi connectivity index (χ0n) is 18.2. The predicted octanol–water partition coefficient (Wildman–Crippen LogP) is 4.02. The first kappa shape index (κ1) is 21.4. The molecule has 0 amide bonds. The number of rotatable bonds is 8. The Morgan fingerprint density at radius 2 is 1.70 bits per heavy atom. The van der Waals surface area contributed by atoms with Crippen molar-refractivity contribution in [1.29, 1.82) is 0 Å². The van der Waals surface area contributed by atoms with Gasteiger partial charge in [-0.2, -0.15) is 0 Å². The number of guanidine groups is 1. The van der Waals surface area contributed by atoms with Crippen LogP contribution in [0.1, 0.15) is 23.8 Å². The molecule has 3 aromatic rings. The van der Waals surface area contributed by atoms with E-state index < -0.39 is 0 Å². The van der Waals surface area contributed by atoms with Crippen LogP contribution in [0.3, 0.4) is 0 Å². The monoisotopic (exact) mass is 411 g/mol. The summed E-state index contributed by atoms with van der Waals surface area (Å²) in [4.78, 5) is 4.69. The van der Waals surface area contributed by atoms with Crippen molar-refractivity contribution < 1.29 is 18.6 Å². The van der Waals surface area contributed by atoms with E-state index in [4.69, 9.17) is 18.6 Å². The largest absolute Gasteiger partial charge is 0.493 e. The van der Waals surface area contributed by atoms with E-state index in [0.29, 0.717) is 36.3 Å². The van der Waals surface area contributed by atoms with Crippen LogP contribution in [-0.2, 0) is 13.1 Å². The average Bonchev–Trinajstić information content (AvgIpc) is 3.10. The molecule has 7 heteroatoms. The third kappa shape index (κ3) is 4.62. The predicted molar refractivity (Wildman–Crippen MR) is 119 cm³/mol. The van der Waals surface area contributed by atoms with Crippen LogP contribution in [0.5, 0.6) is 17.2 Å². The van der Waals surface area contributed by atoms with Crippen molar-refractivity contribution in [3.8, 4) is 17.2 Å². The number of ether oxygens (including phenoxy) is 3. The standard InChI is InChI=1S/C23H29N3O4/c1-6-24-23(26-14-21-15(2)17-9-7-8-10-18(17)30-21)25-13-16-11-19(27-3)22(29-5)20(12-16)28-4/h7-12H,6,13-14H2,1-5H3,(H2,24,25,26). The molecule has 30 heavy (non-hydrogen) atoms. The fraction of sp³-hybridized carbons (Fsp3) is 0.348. The van der Waals surface area contributed by atoms with E-state index in [1.807, 2.05) is 37.3 Å². The van der Waals surface area contributed by atoms with E-state index in [1.165, 1.54) is 0 Å². The molecule has 0 aliphatic carbocycles. The highest BCUT2D eigenvalue weighted by Gasteiger charge is 2.14. The van der Waals surface area contributed by atoms with Crippen LogP contribution in [0.15, 0.2) is 45.8 Å². The number of nitrogens with one attached hydrogen (secondary N) is 2. The van der Waals surface area contributed by atoms with E-state index >= 15 is 0 Å². The lowest BCUT2D eigenvalue weighted by Gasteiger charge is -2.14. The molecule has 2 N–H and O–H groups in total.